The summed E-state index contributed by atoms with van der Waals surface area (Å²) in [4.78, 5) is 10.2. The Kier molecular flexibility index (Phi) is 3.99. The van der Waals surface area contributed by atoms with E-state index < -0.39 is 39.7 Å². The molecule has 2 aromatic rings. The number of aromatic carboxylic acids is 1. The normalized spacial score (nSPS) is 10.6. The number of benzene rings is 2. The van der Waals surface area contributed by atoms with Crippen LogP contribution in [0.3, 0.4) is 0 Å². The van der Waals surface area contributed by atoms with E-state index in [1.54, 1.807) is 0 Å². The van der Waals surface area contributed by atoms with Crippen LogP contribution < -0.4 is 0 Å². The lowest BCUT2D eigenvalue weighted by molar-refractivity contribution is 0.0695. The van der Waals surface area contributed by atoms with Crippen LogP contribution in [-0.4, -0.2) is 11.1 Å². The number of halogens is 4. The van der Waals surface area contributed by atoms with E-state index in [1.165, 1.54) is 0 Å². The summed E-state index contributed by atoms with van der Waals surface area (Å²) in [6, 6.07) is 4.11. The predicted octanol–water partition coefficient (Wildman–Crippen LogP) is 4.09. The van der Waals surface area contributed by atoms with Gasteiger partial charge in [-0.25, -0.2) is 22.4 Å². The molecular weight excluding hydrogens is 296 g/mol. The lowest BCUT2D eigenvalue weighted by Crippen LogP contribution is -2.00. The molecule has 0 radical (unpaired) electrons. The smallest absolute Gasteiger partial charge is 0.335 e. The van der Waals surface area contributed by atoms with Crippen LogP contribution in [-0.2, 0) is 0 Å². The van der Waals surface area contributed by atoms with Crippen LogP contribution in [0.4, 0.5) is 17.6 Å². The summed E-state index contributed by atoms with van der Waals surface area (Å²) in [5.74, 6) is -5.85. The molecule has 0 saturated heterocycles. The first-order valence-corrected chi connectivity index (χ1v) is 6.05. The molecular formula is C13H6F4O2S. The second-order valence-corrected chi connectivity index (χ2v) is 4.84. The first kappa shape index (κ1) is 14.4. The van der Waals surface area contributed by atoms with Gasteiger partial charge < -0.3 is 5.11 Å². The van der Waals surface area contributed by atoms with Crippen LogP contribution in [0, 0.1) is 23.3 Å². The fourth-order valence-electron chi connectivity index (χ4n) is 1.44. The molecule has 104 valence electrons. The molecule has 0 aromatic heterocycles. The van der Waals surface area contributed by atoms with Gasteiger partial charge in [-0.2, -0.15) is 0 Å². The SMILES string of the molecule is O=C(O)c1cc(F)c(Sc2ccc(F)c(F)c2)c(F)c1. The summed E-state index contributed by atoms with van der Waals surface area (Å²) in [5, 5.41) is 8.65. The molecule has 0 fully saturated rings. The third-order valence-electron chi connectivity index (χ3n) is 2.36. The summed E-state index contributed by atoms with van der Waals surface area (Å²) in [6.07, 6.45) is 0. The number of carboxylic acid groups (broad SMARTS) is 1. The third-order valence-corrected chi connectivity index (χ3v) is 3.44. The standard InChI is InChI=1S/C13H6F4O2S/c14-8-2-1-7(5-9(8)15)20-12-10(16)3-6(13(18)19)4-11(12)17/h1-5H,(H,18,19). The minimum atomic E-state index is -1.47. The Morgan fingerprint density at radius 3 is 2.00 bits per heavy atom. The van der Waals surface area contributed by atoms with Crippen LogP contribution in [0.1, 0.15) is 10.4 Å². The van der Waals surface area contributed by atoms with Gasteiger partial charge in [-0.15, -0.1) is 0 Å². The highest BCUT2D eigenvalue weighted by molar-refractivity contribution is 7.99. The van der Waals surface area contributed by atoms with Gasteiger partial charge in [0.05, 0.1) is 10.5 Å². The average Bonchev–Trinajstić information content (AvgIpc) is 2.37. The van der Waals surface area contributed by atoms with Crippen molar-refractivity contribution in [2.24, 2.45) is 0 Å². The first-order valence-electron chi connectivity index (χ1n) is 5.23. The van der Waals surface area contributed by atoms with Crippen molar-refractivity contribution in [1.82, 2.24) is 0 Å². The monoisotopic (exact) mass is 302 g/mol. The molecule has 20 heavy (non-hydrogen) atoms. The molecule has 0 bridgehead atoms. The van der Waals surface area contributed by atoms with Gasteiger partial charge in [-0.05, 0) is 30.3 Å². The van der Waals surface area contributed by atoms with Crippen LogP contribution >= 0.6 is 11.8 Å². The highest BCUT2D eigenvalue weighted by Gasteiger charge is 2.16. The zero-order valence-corrected chi connectivity index (χ0v) is 10.5. The first-order chi connectivity index (χ1) is 9.38. The summed E-state index contributed by atoms with van der Waals surface area (Å²) >= 11 is 0.535. The summed E-state index contributed by atoms with van der Waals surface area (Å²) in [5.41, 5.74) is -0.533. The van der Waals surface area contributed by atoms with Crippen molar-refractivity contribution in [2.45, 2.75) is 9.79 Å². The highest BCUT2D eigenvalue weighted by atomic mass is 32.2. The van der Waals surface area contributed by atoms with Crippen molar-refractivity contribution in [2.75, 3.05) is 0 Å². The molecule has 0 unspecified atom stereocenters. The molecule has 0 aliphatic heterocycles. The third kappa shape index (κ3) is 2.93. The lowest BCUT2D eigenvalue weighted by Gasteiger charge is -2.06. The Bertz CT molecular complexity index is 665. The summed E-state index contributed by atoms with van der Waals surface area (Å²) in [7, 11) is 0. The molecule has 2 aromatic carbocycles. The molecule has 0 saturated carbocycles. The van der Waals surface area contributed by atoms with Crippen molar-refractivity contribution in [3.8, 4) is 0 Å². The van der Waals surface area contributed by atoms with Crippen molar-refractivity contribution in [3.05, 3.63) is 59.2 Å². The molecule has 1 N–H and O–H groups in total. The second kappa shape index (κ2) is 5.54. The average molecular weight is 302 g/mol. The van der Waals surface area contributed by atoms with Crippen molar-refractivity contribution >= 4 is 17.7 Å². The summed E-state index contributed by atoms with van der Waals surface area (Å²) < 4.78 is 53.0. The Balaban J connectivity index is 2.38. The molecule has 7 heteroatoms. The van der Waals surface area contributed by atoms with Crippen LogP contribution in [0.25, 0.3) is 0 Å². The van der Waals surface area contributed by atoms with Crippen LogP contribution in [0.5, 0.6) is 0 Å². The van der Waals surface area contributed by atoms with Gasteiger partial charge in [0.1, 0.15) is 11.6 Å². The predicted molar refractivity (Wildman–Crippen MR) is 63.8 cm³/mol. The molecule has 0 spiro atoms. The quantitative estimate of drug-likeness (QED) is 0.868. The zero-order chi connectivity index (χ0) is 14.9. The van der Waals surface area contributed by atoms with Gasteiger partial charge in [0.15, 0.2) is 11.6 Å². The molecule has 0 atom stereocenters. The van der Waals surface area contributed by atoms with Gasteiger partial charge in [0.2, 0.25) is 0 Å². The number of carboxylic acids is 1. The molecule has 0 heterocycles. The van der Waals surface area contributed by atoms with Crippen LogP contribution in [0.15, 0.2) is 40.1 Å². The zero-order valence-electron chi connectivity index (χ0n) is 9.66. The van der Waals surface area contributed by atoms with E-state index in [-0.39, 0.29) is 4.90 Å². The Morgan fingerprint density at radius 1 is 0.900 bits per heavy atom. The van der Waals surface area contributed by atoms with Gasteiger partial charge in [-0.1, -0.05) is 11.8 Å². The topological polar surface area (TPSA) is 37.3 Å². The number of carbonyl (C=O) groups is 1. The Morgan fingerprint density at radius 2 is 1.50 bits per heavy atom. The molecule has 0 amide bonds. The maximum Gasteiger partial charge on any atom is 0.335 e. The molecule has 0 aliphatic carbocycles. The van der Waals surface area contributed by atoms with Gasteiger partial charge in [0.25, 0.3) is 0 Å². The van der Waals surface area contributed by atoms with E-state index in [9.17, 15) is 22.4 Å². The minimum absolute atomic E-state index is 0.0878. The summed E-state index contributed by atoms with van der Waals surface area (Å²) in [6.45, 7) is 0. The van der Waals surface area contributed by atoms with Gasteiger partial charge >= 0.3 is 5.97 Å². The number of rotatable bonds is 3. The van der Waals surface area contributed by atoms with Gasteiger partial charge in [0, 0.05) is 4.90 Å². The fraction of sp³-hybridized carbons (Fsp3) is 0. The van der Waals surface area contributed by atoms with Crippen molar-refractivity contribution in [3.63, 3.8) is 0 Å². The Hall–Kier alpha value is -2.02. The minimum Gasteiger partial charge on any atom is -0.478 e. The second-order valence-electron chi connectivity index (χ2n) is 3.75. The van der Waals surface area contributed by atoms with Gasteiger partial charge in [-0.3, -0.25) is 0 Å². The number of hydrogen-bond donors (Lipinski definition) is 1. The van der Waals surface area contributed by atoms with Crippen molar-refractivity contribution in [1.29, 1.82) is 0 Å². The van der Waals surface area contributed by atoms with Crippen molar-refractivity contribution < 1.29 is 27.5 Å². The maximum atomic E-state index is 13.6. The van der Waals surface area contributed by atoms with E-state index in [4.69, 9.17) is 5.11 Å². The number of hydrogen-bond acceptors (Lipinski definition) is 2. The molecule has 2 rings (SSSR count). The molecule has 2 nitrogen and oxygen atoms in total. The van der Waals surface area contributed by atoms with E-state index >= 15 is 0 Å². The van der Waals surface area contributed by atoms with E-state index in [0.29, 0.717) is 23.9 Å². The van der Waals surface area contributed by atoms with E-state index in [1.807, 2.05) is 0 Å². The van der Waals surface area contributed by atoms with E-state index in [0.717, 1.165) is 18.2 Å². The van der Waals surface area contributed by atoms with Crippen LogP contribution in [0.2, 0.25) is 0 Å². The van der Waals surface area contributed by atoms with E-state index in [2.05, 4.69) is 0 Å². The largest absolute Gasteiger partial charge is 0.478 e. The fourth-order valence-corrected chi connectivity index (χ4v) is 2.29. The maximum absolute atomic E-state index is 13.6. The highest BCUT2D eigenvalue weighted by Crippen LogP contribution is 2.33. The molecule has 0 aliphatic rings. The Labute approximate surface area is 115 Å². The lowest BCUT2D eigenvalue weighted by atomic mass is 10.2.